The second-order valence-electron chi connectivity index (χ2n) is 8.08. The van der Waals surface area contributed by atoms with E-state index in [0.29, 0.717) is 12.6 Å². The Morgan fingerprint density at radius 2 is 1.63 bits per heavy atom. The average Bonchev–Trinajstić information content (AvgIpc) is 2.96. The SMILES string of the molecule is CCOC(=O)C1(NC2CC2)CC(C)(C)CC(C)(C)C1. The van der Waals surface area contributed by atoms with Gasteiger partial charge in [-0.25, -0.2) is 0 Å². The van der Waals surface area contributed by atoms with E-state index in [1.165, 1.54) is 12.8 Å². The summed E-state index contributed by atoms with van der Waals surface area (Å²) in [5, 5.41) is 3.63. The second kappa shape index (κ2) is 4.76. The molecule has 3 heteroatoms. The Hall–Kier alpha value is -0.570. The number of nitrogens with one attached hydrogen (secondary N) is 1. The van der Waals surface area contributed by atoms with Crippen LogP contribution in [0.15, 0.2) is 0 Å². The highest BCUT2D eigenvalue weighted by Gasteiger charge is 2.54. The monoisotopic (exact) mass is 267 g/mol. The van der Waals surface area contributed by atoms with Gasteiger partial charge in [0.2, 0.25) is 0 Å². The zero-order chi connectivity index (χ0) is 14.3. The summed E-state index contributed by atoms with van der Waals surface area (Å²) in [7, 11) is 0. The van der Waals surface area contributed by atoms with Gasteiger partial charge in [0.25, 0.3) is 0 Å². The minimum Gasteiger partial charge on any atom is -0.465 e. The van der Waals surface area contributed by atoms with Gasteiger partial charge < -0.3 is 4.74 Å². The summed E-state index contributed by atoms with van der Waals surface area (Å²) in [6, 6.07) is 0.522. The maximum absolute atomic E-state index is 12.6. The van der Waals surface area contributed by atoms with Crippen molar-refractivity contribution in [2.45, 2.75) is 78.3 Å². The average molecular weight is 267 g/mol. The Bertz CT molecular complexity index is 340. The summed E-state index contributed by atoms with van der Waals surface area (Å²) in [5.41, 5.74) is -0.116. The third kappa shape index (κ3) is 3.50. The van der Waals surface area contributed by atoms with Crippen LogP contribution in [0, 0.1) is 10.8 Å². The first-order valence-electron chi connectivity index (χ1n) is 7.63. The van der Waals surface area contributed by atoms with Crippen LogP contribution < -0.4 is 5.32 Å². The number of esters is 1. The first kappa shape index (κ1) is 14.8. The van der Waals surface area contributed by atoms with E-state index in [1.807, 2.05) is 6.92 Å². The molecule has 3 nitrogen and oxygen atoms in total. The van der Waals surface area contributed by atoms with Crippen molar-refractivity contribution in [3.8, 4) is 0 Å². The molecule has 0 aromatic heterocycles. The van der Waals surface area contributed by atoms with Gasteiger partial charge in [-0.05, 0) is 49.9 Å². The molecule has 0 atom stereocenters. The van der Waals surface area contributed by atoms with Crippen LogP contribution >= 0.6 is 0 Å². The summed E-state index contributed by atoms with van der Waals surface area (Å²) in [6.45, 7) is 11.5. The van der Waals surface area contributed by atoms with Crippen LogP contribution in [0.3, 0.4) is 0 Å². The quantitative estimate of drug-likeness (QED) is 0.794. The minimum atomic E-state index is -0.470. The van der Waals surface area contributed by atoms with Gasteiger partial charge in [0, 0.05) is 6.04 Å². The molecule has 2 aliphatic rings. The van der Waals surface area contributed by atoms with Crippen LogP contribution in [0.5, 0.6) is 0 Å². The number of carbonyl (C=O) groups is 1. The molecule has 0 aromatic carbocycles. The van der Waals surface area contributed by atoms with Crippen molar-refractivity contribution in [1.82, 2.24) is 5.32 Å². The molecule has 0 unspecified atom stereocenters. The number of rotatable bonds is 4. The zero-order valence-electron chi connectivity index (χ0n) is 13.1. The van der Waals surface area contributed by atoms with Crippen molar-refractivity contribution in [1.29, 1.82) is 0 Å². The van der Waals surface area contributed by atoms with E-state index >= 15 is 0 Å². The van der Waals surface area contributed by atoms with Crippen molar-refractivity contribution in [2.75, 3.05) is 6.61 Å². The van der Waals surface area contributed by atoms with Gasteiger partial charge in [0.1, 0.15) is 5.54 Å². The molecule has 0 heterocycles. The van der Waals surface area contributed by atoms with E-state index in [1.54, 1.807) is 0 Å². The number of carbonyl (C=O) groups excluding carboxylic acids is 1. The Kier molecular flexibility index (Phi) is 3.72. The van der Waals surface area contributed by atoms with Gasteiger partial charge in [-0.15, -0.1) is 0 Å². The summed E-state index contributed by atoms with van der Waals surface area (Å²) < 4.78 is 5.40. The van der Waals surface area contributed by atoms with E-state index in [9.17, 15) is 4.79 Å². The molecule has 0 radical (unpaired) electrons. The van der Waals surface area contributed by atoms with Crippen molar-refractivity contribution < 1.29 is 9.53 Å². The van der Waals surface area contributed by atoms with Gasteiger partial charge in [0.05, 0.1) is 6.61 Å². The van der Waals surface area contributed by atoms with Crippen LogP contribution in [-0.2, 0) is 9.53 Å². The predicted molar refractivity (Wildman–Crippen MR) is 76.9 cm³/mol. The van der Waals surface area contributed by atoms with Gasteiger partial charge >= 0.3 is 5.97 Å². The van der Waals surface area contributed by atoms with Crippen molar-refractivity contribution in [3.05, 3.63) is 0 Å². The maximum Gasteiger partial charge on any atom is 0.326 e. The standard InChI is InChI=1S/C16H29NO2/c1-6-19-13(18)16(17-12-7-8-12)10-14(2,3)9-15(4,5)11-16/h12,17H,6-11H2,1-5H3. The molecule has 2 fully saturated rings. The lowest BCUT2D eigenvalue weighted by molar-refractivity contribution is -0.158. The van der Waals surface area contributed by atoms with Crippen LogP contribution in [-0.4, -0.2) is 24.2 Å². The zero-order valence-corrected chi connectivity index (χ0v) is 13.1. The molecular weight excluding hydrogens is 238 g/mol. The van der Waals surface area contributed by atoms with Crippen LogP contribution in [0.2, 0.25) is 0 Å². The maximum atomic E-state index is 12.6. The van der Waals surface area contributed by atoms with Crippen LogP contribution in [0.25, 0.3) is 0 Å². The lowest BCUT2D eigenvalue weighted by atomic mass is 9.58. The molecule has 0 bridgehead atoms. The Labute approximate surface area is 117 Å². The molecule has 0 amide bonds. The van der Waals surface area contributed by atoms with Crippen molar-refractivity contribution >= 4 is 5.97 Å². The molecule has 2 rings (SSSR count). The summed E-state index contributed by atoms with van der Waals surface area (Å²) in [6.07, 6.45) is 5.33. The highest BCUT2D eigenvalue weighted by atomic mass is 16.5. The van der Waals surface area contributed by atoms with Gasteiger partial charge in [0.15, 0.2) is 0 Å². The Morgan fingerprint density at radius 3 is 2.05 bits per heavy atom. The normalized spacial score (nSPS) is 27.8. The Morgan fingerprint density at radius 1 is 1.11 bits per heavy atom. The van der Waals surface area contributed by atoms with Crippen molar-refractivity contribution in [3.63, 3.8) is 0 Å². The predicted octanol–water partition coefficient (Wildman–Crippen LogP) is 3.28. The first-order chi connectivity index (χ1) is 8.68. The molecule has 0 aliphatic heterocycles. The molecule has 1 N–H and O–H groups in total. The van der Waals surface area contributed by atoms with Crippen molar-refractivity contribution in [2.24, 2.45) is 10.8 Å². The fourth-order valence-corrected chi connectivity index (χ4v) is 4.31. The molecular formula is C16H29NO2. The molecule has 2 aliphatic carbocycles. The number of hydrogen-bond donors (Lipinski definition) is 1. The Balaban J connectivity index is 2.26. The highest BCUT2D eigenvalue weighted by molar-refractivity contribution is 5.81. The van der Waals surface area contributed by atoms with Gasteiger partial charge in [-0.2, -0.15) is 0 Å². The second-order valence-corrected chi connectivity index (χ2v) is 8.08. The first-order valence-corrected chi connectivity index (χ1v) is 7.63. The lowest BCUT2D eigenvalue weighted by Crippen LogP contribution is -2.61. The number of ether oxygens (including phenoxy) is 1. The van der Waals surface area contributed by atoms with Crippen LogP contribution in [0.1, 0.15) is 66.7 Å². The molecule has 0 saturated heterocycles. The summed E-state index contributed by atoms with van der Waals surface area (Å²) >= 11 is 0. The molecule has 0 spiro atoms. The third-order valence-electron chi connectivity index (χ3n) is 4.24. The molecule has 0 aromatic rings. The topological polar surface area (TPSA) is 38.3 Å². The van der Waals surface area contributed by atoms with E-state index in [-0.39, 0.29) is 16.8 Å². The van der Waals surface area contributed by atoms with Crippen LogP contribution in [0.4, 0.5) is 0 Å². The van der Waals surface area contributed by atoms with Gasteiger partial charge in [-0.1, -0.05) is 27.7 Å². The fraction of sp³-hybridized carbons (Fsp3) is 0.938. The smallest absolute Gasteiger partial charge is 0.326 e. The minimum absolute atomic E-state index is 0.0391. The summed E-state index contributed by atoms with van der Waals surface area (Å²) in [4.78, 5) is 12.6. The van der Waals surface area contributed by atoms with E-state index in [4.69, 9.17) is 4.74 Å². The van der Waals surface area contributed by atoms with E-state index in [2.05, 4.69) is 33.0 Å². The van der Waals surface area contributed by atoms with E-state index in [0.717, 1.165) is 19.3 Å². The van der Waals surface area contributed by atoms with E-state index < -0.39 is 5.54 Å². The molecule has 19 heavy (non-hydrogen) atoms. The number of hydrogen-bond acceptors (Lipinski definition) is 3. The fourth-order valence-electron chi connectivity index (χ4n) is 4.31. The molecule has 2 saturated carbocycles. The largest absolute Gasteiger partial charge is 0.465 e. The highest BCUT2D eigenvalue weighted by Crippen LogP contribution is 2.51. The third-order valence-corrected chi connectivity index (χ3v) is 4.24. The lowest BCUT2D eigenvalue weighted by Gasteiger charge is -2.51. The molecule has 110 valence electrons. The summed E-state index contributed by atoms with van der Waals surface area (Å²) in [5.74, 6) is -0.0391. The van der Waals surface area contributed by atoms with Gasteiger partial charge in [-0.3, -0.25) is 10.1 Å².